The van der Waals surface area contributed by atoms with Gasteiger partial charge >= 0.3 is 42.2 Å². The molecule has 0 N–H and O–H groups in total. The third-order valence-corrected chi connectivity index (χ3v) is 17.3. The second-order valence-electron chi connectivity index (χ2n) is 28.2. The molecule has 0 saturated carbocycles. The van der Waals surface area contributed by atoms with E-state index >= 15 is 0 Å². The Bertz CT molecular complexity index is 2220. The predicted octanol–water partition coefficient (Wildman–Crippen LogP) is 13.7. The van der Waals surface area contributed by atoms with E-state index < -0.39 is 95.5 Å². The van der Waals surface area contributed by atoms with Crippen molar-refractivity contribution in [2.45, 2.75) is 353 Å². The Labute approximate surface area is 515 Å². The van der Waals surface area contributed by atoms with Gasteiger partial charge in [0.1, 0.15) is 59.3 Å². The summed E-state index contributed by atoms with van der Waals surface area (Å²) in [6.07, 6.45) is 21.5. The summed E-state index contributed by atoms with van der Waals surface area (Å²) in [6, 6.07) is -2.28. The van der Waals surface area contributed by atoms with Gasteiger partial charge in [0.15, 0.2) is 0 Å². The van der Waals surface area contributed by atoms with E-state index in [1.165, 1.54) is 27.5 Å². The summed E-state index contributed by atoms with van der Waals surface area (Å²) < 4.78 is 55.3. The maximum atomic E-state index is 14.3. The number of rotatable bonds is 31. The largest absolute Gasteiger partial charge is 0.461 e. The molecule has 6 aliphatic heterocycles. The number of nitrogens with zero attached hydrogens (tertiary/aromatic N) is 3. The average Bonchev–Trinajstić information content (AvgIpc) is 3.68. The van der Waals surface area contributed by atoms with E-state index in [4.69, 9.17) is 42.6 Å². The van der Waals surface area contributed by atoms with Crippen LogP contribution in [0.4, 0.5) is 14.4 Å². The van der Waals surface area contributed by atoms with Crippen molar-refractivity contribution in [3.05, 3.63) is 11.6 Å². The van der Waals surface area contributed by atoms with Gasteiger partial charge in [0.05, 0.1) is 24.4 Å². The van der Waals surface area contributed by atoms with E-state index in [0.29, 0.717) is 116 Å². The number of carbonyl (C=O) groups is 7. The quantitative estimate of drug-likeness (QED) is 0.0359. The van der Waals surface area contributed by atoms with Crippen molar-refractivity contribution in [2.24, 2.45) is 0 Å². The number of unbranched alkanes of at least 4 members (excludes halogenated alkanes) is 12. The van der Waals surface area contributed by atoms with Crippen LogP contribution in [0.2, 0.25) is 0 Å². The Morgan fingerprint density at radius 3 is 1.27 bits per heavy atom. The van der Waals surface area contributed by atoms with Gasteiger partial charge < -0.3 is 42.6 Å². The molecule has 3 amide bonds. The van der Waals surface area contributed by atoms with Gasteiger partial charge in [-0.25, -0.2) is 33.6 Å². The first-order chi connectivity index (χ1) is 40.8. The van der Waals surface area contributed by atoms with E-state index in [-0.39, 0.29) is 30.4 Å². The van der Waals surface area contributed by atoms with Crippen molar-refractivity contribution >= 4 is 42.2 Å². The van der Waals surface area contributed by atoms with Gasteiger partial charge in [-0.15, -0.1) is 0 Å². The molecule has 0 spiro atoms. The first-order valence-corrected chi connectivity index (χ1v) is 33.6. The zero-order chi connectivity index (χ0) is 62.6. The molecule has 6 rings (SSSR count). The molecule has 5 saturated heterocycles. The van der Waals surface area contributed by atoms with E-state index in [2.05, 4.69) is 6.92 Å². The van der Waals surface area contributed by atoms with Gasteiger partial charge in [-0.1, -0.05) is 77.6 Å². The first kappa shape index (κ1) is 70.4. The molecule has 490 valence electrons. The fourth-order valence-corrected chi connectivity index (χ4v) is 13.0. The molecule has 5 fully saturated rings. The monoisotopic (exact) mass is 1210 g/mol. The summed E-state index contributed by atoms with van der Waals surface area (Å²) in [5, 5.41) is 0. The number of hydrogen-bond donors (Lipinski definition) is 0. The Morgan fingerprint density at radius 1 is 0.488 bits per heavy atom. The summed E-state index contributed by atoms with van der Waals surface area (Å²) >= 11 is 0. The number of amides is 3. The van der Waals surface area contributed by atoms with Crippen molar-refractivity contribution in [3.63, 3.8) is 0 Å². The summed E-state index contributed by atoms with van der Waals surface area (Å²) in [4.78, 5) is 98.7. The Morgan fingerprint density at radius 2 is 0.860 bits per heavy atom. The molecule has 0 aliphatic carbocycles. The van der Waals surface area contributed by atoms with E-state index in [9.17, 15) is 33.6 Å². The molecule has 0 aromatic carbocycles. The van der Waals surface area contributed by atoms with Gasteiger partial charge in [-0.2, -0.15) is 0 Å². The number of hydrogen-bond acceptors (Lipinski definition) is 16. The normalized spacial score (nSPS) is 25.4. The minimum absolute atomic E-state index is 0.115. The second-order valence-corrected chi connectivity index (χ2v) is 28.2. The number of cyclic esters (lactones) is 1. The highest BCUT2D eigenvalue weighted by molar-refractivity contribution is 5.90. The molecule has 11 atom stereocenters. The molecule has 0 radical (unpaired) electrons. The van der Waals surface area contributed by atoms with Crippen LogP contribution in [0, 0.1) is 0 Å². The zero-order valence-corrected chi connectivity index (χ0v) is 54.6. The lowest BCUT2D eigenvalue weighted by molar-refractivity contribution is -0.171. The SMILES string of the molecule is CCCCCC[C@@H](CCC[C@H](OC(=O)C1CCCN1C(=O)OC(C)(C)C)[C@H]1CC[C@H]([C@H]2CC[C@@H]([C@@H](CCCCCCCCCCCCC3=C[C@H](C)OC3=O)OC(=O)C3CCCN3C(=O)OC(C)(C)C)O2)O1)OC(=O)C1CCCN1C(=O)OC(C)(C)C. The van der Waals surface area contributed by atoms with Gasteiger partial charge in [-0.05, 0) is 197 Å². The highest BCUT2D eigenvalue weighted by Crippen LogP contribution is 2.38. The average molecular weight is 1210 g/mol. The summed E-state index contributed by atoms with van der Waals surface area (Å²) in [7, 11) is 0. The third kappa shape index (κ3) is 23.1. The van der Waals surface area contributed by atoms with Crippen molar-refractivity contribution in [2.75, 3.05) is 19.6 Å². The van der Waals surface area contributed by atoms with Crippen LogP contribution in [0.5, 0.6) is 0 Å². The van der Waals surface area contributed by atoms with Gasteiger partial charge in [0.2, 0.25) is 0 Å². The van der Waals surface area contributed by atoms with Crippen LogP contribution in [0.3, 0.4) is 0 Å². The number of ether oxygens (including phenoxy) is 9. The topological polar surface area (TPSA) is 212 Å². The van der Waals surface area contributed by atoms with E-state index in [1.54, 1.807) is 41.5 Å². The zero-order valence-electron chi connectivity index (χ0n) is 54.6. The molecule has 19 nitrogen and oxygen atoms in total. The highest BCUT2D eigenvalue weighted by Gasteiger charge is 2.47. The molecule has 3 unspecified atom stereocenters. The highest BCUT2D eigenvalue weighted by atomic mass is 16.6. The lowest BCUT2D eigenvalue weighted by Crippen LogP contribution is -2.46. The van der Waals surface area contributed by atoms with Crippen LogP contribution >= 0.6 is 0 Å². The molecule has 0 bridgehead atoms. The minimum Gasteiger partial charge on any atom is -0.461 e. The molecule has 0 aromatic heterocycles. The van der Waals surface area contributed by atoms with Crippen molar-refractivity contribution < 1.29 is 76.2 Å². The molecule has 19 heteroatoms. The number of carbonyl (C=O) groups excluding carboxylic acids is 7. The van der Waals surface area contributed by atoms with E-state index in [0.717, 1.165) is 89.0 Å². The fraction of sp³-hybridized carbons (Fsp3) is 0.866. The van der Waals surface area contributed by atoms with Crippen LogP contribution in [0.15, 0.2) is 11.6 Å². The summed E-state index contributed by atoms with van der Waals surface area (Å²) in [6.45, 7) is 21.5. The molecule has 6 heterocycles. The second kappa shape index (κ2) is 33.8. The van der Waals surface area contributed by atoms with Crippen molar-refractivity contribution in [1.29, 1.82) is 0 Å². The minimum atomic E-state index is -0.809. The number of likely N-dealkylation sites (tertiary alicyclic amines) is 3. The maximum Gasteiger partial charge on any atom is 0.411 e. The molecule has 86 heavy (non-hydrogen) atoms. The fourth-order valence-electron chi connectivity index (χ4n) is 13.0. The molecule has 0 aromatic rings. The lowest BCUT2D eigenvalue weighted by Gasteiger charge is -2.31. The van der Waals surface area contributed by atoms with Crippen LogP contribution in [-0.2, 0) is 61.8 Å². The Kier molecular flexibility index (Phi) is 27.7. The van der Waals surface area contributed by atoms with Crippen LogP contribution in [0.1, 0.15) is 269 Å². The number of esters is 4. The molecular formula is C67H111N3O16. The van der Waals surface area contributed by atoms with Crippen molar-refractivity contribution in [3.8, 4) is 0 Å². The van der Waals surface area contributed by atoms with Crippen LogP contribution < -0.4 is 0 Å². The Balaban J connectivity index is 1.08. The predicted molar refractivity (Wildman–Crippen MR) is 325 cm³/mol. The third-order valence-electron chi connectivity index (χ3n) is 17.3. The van der Waals surface area contributed by atoms with Gasteiger partial charge in [0.25, 0.3) is 0 Å². The molecular weight excluding hydrogens is 1100 g/mol. The van der Waals surface area contributed by atoms with Crippen LogP contribution in [-0.4, -0.2) is 160 Å². The van der Waals surface area contributed by atoms with Gasteiger partial charge in [-0.3, -0.25) is 14.7 Å². The first-order valence-electron chi connectivity index (χ1n) is 33.6. The summed E-state index contributed by atoms with van der Waals surface area (Å²) in [5.41, 5.74) is -1.36. The van der Waals surface area contributed by atoms with E-state index in [1.807, 2.05) is 33.8 Å². The lowest BCUT2D eigenvalue weighted by atomic mass is 9.99. The summed E-state index contributed by atoms with van der Waals surface area (Å²) in [5.74, 6) is -1.54. The smallest absolute Gasteiger partial charge is 0.411 e. The molecule has 6 aliphatic rings. The van der Waals surface area contributed by atoms with Gasteiger partial charge in [0, 0.05) is 25.2 Å². The Hall–Kier alpha value is -4.65. The van der Waals surface area contributed by atoms with Crippen LogP contribution in [0.25, 0.3) is 0 Å². The maximum absolute atomic E-state index is 14.3. The van der Waals surface area contributed by atoms with Crippen molar-refractivity contribution in [1.82, 2.24) is 14.7 Å². The standard InChI is InChI=1S/C67H111N3O16/c1-12-13-14-24-31-48(79-59(72)49-33-27-42-68(49)62(75)84-65(3,4)5)32-26-37-53(83-61(74)51-35-29-44-70(51)64(77)86-67(9,10)11)55-39-41-57(81-55)56-40-38-54(80-56)52(82-60(73)50-34-28-43-69(50)63(76)85-66(6,7)8)36-25-22-20-18-16-15-17-19-21-23-30-47-45-46(2)78-58(47)71/h45-46,48-57H,12-44H2,1-11H3/t46-,48-,49?,50?,51?,52+,53-,54-,55+,56+,57+/m0/s1.